The van der Waals surface area contributed by atoms with Crippen LogP contribution in [0.4, 0.5) is 0 Å². The molecule has 0 amide bonds. The molecule has 0 bridgehead atoms. The summed E-state index contributed by atoms with van der Waals surface area (Å²) in [7, 11) is 1.92. The van der Waals surface area contributed by atoms with Crippen LogP contribution in [0.1, 0.15) is 32.6 Å². The van der Waals surface area contributed by atoms with Crippen LogP contribution in [0.2, 0.25) is 0 Å². The molecular formula is C8H17NO. The zero-order valence-electron chi connectivity index (χ0n) is 6.85. The molecule has 0 heterocycles. The molecule has 0 spiro atoms. The highest BCUT2D eigenvalue weighted by molar-refractivity contribution is 4.90. The number of nitrogens with one attached hydrogen (secondary N) is 1. The number of hydrogen-bond acceptors (Lipinski definition) is 2. The zero-order valence-corrected chi connectivity index (χ0v) is 6.85. The molecule has 2 atom stereocenters. The largest absolute Gasteiger partial charge is 0.389 e. The molecule has 2 N–H and O–H groups in total. The average molecular weight is 143 g/mol. The van der Waals surface area contributed by atoms with Crippen molar-refractivity contribution in [3.8, 4) is 0 Å². The molecule has 1 unspecified atom stereocenters. The predicted octanol–water partition coefficient (Wildman–Crippen LogP) is 0.899. The van der Waals surface area contributed by atoms with Gasteiger partial charge >= 0.3 is 0 Å². The second-order valence-corrected chi connectivity index (χ2v) is 3.44. The monoisotopic (exact) mass is 143 g/mol. The zero-order chi connectivity index (χ0) is 7.61. The van der Waals surface area contributed by atoms with Crippen LogP contribution in [0.25, 0.3) is 0 Å². The van der Waals surface area contributed by atoms with Gasteiger partial charge in [0.15, 0.2) is 0 Å². The van der Waals surface area contributed by atoms with Crippen molar-refractivity contribution in [1.82, 2.24) is 5.32 Å². The van der Waals surface area contributed by atoms with Crippen molar-refractivity contribution >= 4 is 0 Å². The summed E-state index contributed by atoms with van der Waals surface area (Å²) >= 11 is 0. The van der Waals surface area contributed by atoms with Crippen molar-refractivity contribution in [2.24, 2.45) is 0 Å². The second-order valence-electron chi connectivity index (χ2n) is 3.44. The van der Waals surface area contributed by atoms with E-state index < -0.39 is 5.60 Å². The maximum absolute atomic E-state index is 9.77. The fourth-order valence-corrected chi connectivity index (χ4v) is 1.77. The molecular weight excluding hydrogens is 126 g/mol. The molecule has 60 valence electrons. The summed E-state index contributed by atoms with van der Waals surface area (Å²) in [6.45, 7) is 1.92. The molecule has 0 saturated heterocycles. The van der Waals surface area contributed by atoms with Gasteiger partial charge in [0.25, 0.3) is 0 Å². The fraction of sp³-hybridized carbons (Fsp3) is 1.00. The first-order valence-electron chi connectivity index (χ1n) is 4.06. The van der Waals surface area contributed by atoms with Crippen molar-refractivity contribution in [3.63, 3.8) is 0 Å². The predicted molar refractivity (Wildman–Crippen MR) is 41.9 cm³/mol. The van der Waals surface area contributed by atoms with E-state index in [9.17, 15) is 5.11 Å². The lowest BCUT2D eigenvalue weighted by molar-refractivity contribution is -0.00727. The van der Waals surface area contributed by atoms with E-state index in [2.05, 4.69) is 5.32 Å². The number of aliphatic hydroxyl groups is 1. The van der Waals surface area contributed by atoms with Crippen LogP contribution in [0.15, 0.2) is 0 Å². The van der Waals surface area contributed by atoms with Gasteiger partial charge in [-0.25, -0.2) is 0 Å². The molecule has 1 aliphatic rings. The third-order valence-corrected chi connectivity index (χ3v) is 2.52. The minimum Gasteiger partial charge on any atom is -0.389 e. The summed E-state index contributed by atoms with van der Waals surface area (Å²) in [4.78, 5) is 0. The van der Waals surface area contributed by atoms with Gasteiger partial charge < -0.3 is 10.4 Å². The quantitative estimate of drug-likeness (QED) is 0.571. The first kappa shape index (κ1) is 8.02. The average Bonchev–Trinajstić information content (AvgIpc) is 1.87. The Balaban J connectivity index is 2.51. The minimum absolute atomic E-state index is 0.307. The standard InChI is InChI=1S/C8H17NO/c1-8(10)6-4-3-5-7(8)9-2/h7,9-10H,3-6H2,1-2H3/t7-,8?/m0/s1. The van der Waals surface area contributed by atoms with Gasteiger partial charge in [0.1, 0.15) is 0 Å². The number of likely N-dealkylation sites (N-methyl/N-ethyl adjacent to an activating group) is 1. The Morgan fingerprint density at radius 1 is 1.50 bits per heavy atom. The van der Waals surface area contributed by atoms with Crippen molar-refractivity contribution < 1.29 is 5.11 Å². The maximum Gasteiger partial charge on any atom is 0.0771 e. The Bertz CT molecular complexity index is 112. The molecule has 0 aromatic heterocycles. The Kier molecular flexibility index (Phi) is 2.32. The van der Waals surface area contributed by atoms with E-state index in [4.69, 9.17) is 0 Å². The summed E-state index contributed by atoms with van der Waals surface area (Å²) in [5.41, 5.74) is -0.465. The Hall–Kier alpha value is -0.0800. The van der Waals surface area contributed by atoms with Crippen LogP contribution in [-0.4, -0.2) is 23.8 Å². The van der Waals surface area contributed by atoms with Gasteiger partial charge in [0.2, 0.25) is 0 Å². The molecule has 1 saturated carbocycles. The highest BCUT2D eigenvalue weighted by Gasteiger charge is 2.32. The summed E-state index contributed by atoms with van der Waals surface area (Å²) in [6.07, 6.45) is 4.48. The van der Waals surface area contributed by atoms with Crippen LogP contribution < -0.4 is 5.32 Å². The van der Waals surface area contributed by atoms with Crippen LogP contribution in [0.5, 0.6) is 0 Å². The van der Waals surface area contributed by atoms with Crippen LogP contribution in [-0.2, 0) is 0 Å². The Morgan fingerprint density at radius 2 is 2.20 bits per heavy atom. The second kappa shape index (κ2) is 2.89. The van der Waals surface area contributed by atoms with Gasteiger partial charge in [-0.1, -0.05) is 12.8 Å². The third-order valence-electron chi connectivity index (χ3n) is 2.52. The van der Waals surface area contributed by atoms with Crippen molar-refractivity contribution in [1.29, 1.82) is 0 Å². The van der Waals surface area contributed by atoms with Crippen LogP contribution >= 0.6 is 0 Å². The summed E-state index contributed by atoms with van der Waals surface area (Å²) in [6, 6.07) is 0.307. The molecule has 1 aliphatic carbocycles. The van der Waals surface area contributed by atoms with Gasteiger partial charge in [-0.15, -0.1) is 0 Å². The third kappa shape index (κ3) is 1.50. The molecule has 2 heteroatoms. The van der Waals surface area contributed by atoms with Gasteiger partial charge in [0.05, 0.1) is 5.60 Å². The summed E-state index contributed by atoms with van der Waals surface area (Å²) in [5, 5.41) is 12.9. The lowest BCUT2D eigenvalue weighted by atomic mass is 9.82. The van der Waals surface area contributed by atoms with Gasteiger partial charge in [0, 0.05) is 6.04 Å². The van der Waals surface area contributed by atoms with E-state index in [-0.39, 0.29) is 0 Å². The fourth-order valence-electron chi connectivity index (χ4n) is 1.77. The Morgan fingerprint density at radius 3 is 2.60 bits per heavy atom. The SMILES string of the molecule is CN[C@H]1CCCCC1(C)O. The van der Waals surface area contributed by atoms with Crippen LogP contribution in [0.3, 0.4) is 0 Å². The van der Waals surface area contributed by atoms with Gasteiger partial charge in [-0.05, 0) is 26.8 Å². The Labute approximate surface area is 62.6 Å². The molecule has 0 aromatic rings. The molecule has 0 radical (unpaired) electrons. The molecule has 1 rings (SSSR count). The van der Waals surface area contributed by atoms with E-state index in [1.165, 1.54) is 12.8 Å². The highest BCUT2D eigenvalue weighted by atomic mass is 16.3. The smallest absolute Gasteiger partial charge is 0.0771 e. The van der Waals surface area contributed by atoms with Crippen molar-refractivity contribution in [3.05, 3.63) is 0 Å². The van der Waals surface area contributed by atoms with Crippen molar-refractivity contribution in [2.75, 3.05) is 7.05 Å². The summed E-state index contributed by atoms with van der Waals surface area (Å²) in [5.74, 6) is 0. The van der Waals surface area contributed by atoms with E-state index in [1.54, 1.807) is 0 Å². The van der Waals surface area contributed by atoms with Crippen molar-refractivity contribution in [2.45, 2.75) is 44.2 Å². The van der Waals surface area contributed by atoms with Gasteiger partial charge in [-0.2, -0.15) is 0 Å². The number of hydrogen-bond donors (Lipinski definition) is 2. The lowest BCUT2D eigenvalue weighted by Crippen LogP contribution is -2.49. The molecule has 10 heavy (non-hydrogen) atoms. The maximum atomic E-state index is 9.77. The lowest BCUT2D eigenvalue weighted by Gasteiger charge is -2.36. The minimum atomic E-state index is -0.465. The molecule has 1 fully saturated rings. The van der Waals surface area contributed by atoms with E-state index in [0.29, 0.717) is 6.04 Å². The van der Waals surface area contributed by atoms with E-state index in [1.807, 2.05) is 14.0 Å². The van der Waals surface area contributed by atoms with E-state index in [0.717, 1.165) is 12.8 Å². The normalized spacial score (nSPS) is 41.7. The summed E-state index contributed by atoms with van der Waals surface area (Å²) < 4.78 is 0. The topological polar surface area (TPSA) is 32.3 Å². The van der Waals surface area contributed by atoms with E-state index >= 15 is 0 Å². The number of rotatable bonds is 1. The molecule has 0 aromatic carbocycles. The highest BCUT2D eigenvalue weighted by Crippen LogP contribution is 2.27. The van der Waals surface area contributed by atoms with Crippen LogP contribution in [0, 0.1) is 0 Å². The molecule has 2 nitrogen and oxygen atoms in total. The first-order chi connectivity index (χ1) is 4.67. The molecule has 0 aliphatic heterocycles. The van der Waals surface area contributed by atoms with Gasteiger partial charge in [-0.3, -0.25) is 0 Å². The first-order valence-corrected chi connectivity index (χ1v) is 4.06.